The number of halogens is 1. The monoisotopic (exact) mass is 417 g/mol. The van der Waals surface area contributed by atoms with Crippen molar-refractivity contribution < 1.29 is 9.63 Å². The number of hydrogen-bond acceptors (Lipinski definition) is 4. The van der Waals surface area contributed by atoms with E-state index in [4.69, 9.17) is 22.2 Å². The highest BCUT2D eigenvalue weighted by atomic mass is 35.5. The molecule has 0 radical (unpaired) electrons. The molecule has 0 saturated carbocycles. The summed E-state index contributed by atoms with van der Waals surface area (Å²) in [7, 11) is 0. The van der Waals surface area contributed by atoms with Gasteiger partial charge in [-0.1, -0.05) is 43.0 Å². The van der Waals surface area contributed by atoms with E-state index in [1.54, 1.807) is 24.5 Å². The molecule has 4 N–H and O–H groups in total. The summed E-state index contributed by atoms with van der Waals surface area (Å²) in [5.74, 6) is 0.310. The van der Waals surface area contributed by atoms with Crippen molar-refractivity contribution in [3.05, 3.63) is 59.4 Å². The van der Waals surface area contributed by atoms with Crippen LogP contribution in [0.2, 0.25) is 5.02 Å². The number of benzene rings is 1. The summed E-state index contributed by atoms with van der Waals surface area (Å²) in [6.07, 6.45) is 8.77. The van der Waals surface area contributed by atoms with Gasteiger partial charge in [-0.25, -0.2) is 5.48 Å². The molecular weight excluding hydrogens is 390 g/mol. The minimum atomic E-state index is -0.0986. The number of aliphatic imine (C=N–C) groups is 1. The second kappa shape index (κ2) is 13.5. The topological polar surface area (TPSA) is 102 Å². The lowest BCUT2D eigenvalue weighted by molar-refractivity contribution is -0.134. The summed E-state index contributed by atoms with van der Waals surface area (Å²) in [5.41, 5.74) is 10.1. The van der Waals surface area contributed by atoms with E-state index in [2.05, 4.69) is 20.8 Å². The van der Waals surface area contributed by atoms with E-state index in [9.17, 15) is 4.79 Å². The first-order chi connectivity index (χ1) is 14.1. The highest BCUT2D eigenvalue weighted by Gasteiger charge is 2.02. The number of nitrogens with one attached hydrogen (secondary N) is 2. The van der Waals surface area contributed by atoms with Gasteiger partial charge < -0.3 is 11.1 Å². The minimum absolute atomic E-state index is 0.0986. The molecule has 0 aliphatic carbocycles. The number of rotatable bonds is 12. The Morgan fingerprint density at radius 1 is 1.03 bits per heavy atom. The molecule has 0 unspecified atom stereocenters. The number of hydroxylamine groups is 1. The molecule has 29 heavy (non-hydrogen) atoms. The lowest BCUT2D eigenvalue weighted by Crippen LogP contribution is -2.23. The third-order valence-electron chi connectivity index (χ3n) is 4.13. The third-order valence-corrected chi connectivity index (χ3v) is 4.39. The van der Waals surface area contributed by atoms with Gasteiger partial charge in [-0.15, -0.1) is 0 Å². The molecule has 1 heterocycles. The van der Waals surface area contributed by atoms with Gasteiger partial charge in [0.2, 0.25) is 5.91 Å². The quantitative estimate of drug-likeness (QED) is 0.209. The molecule has 1 amide bonds. The first-order valence-corrected chi connectivity index (χ1v) is 10.1. The third kappa shape index (κ3) is 10.5. The molecule has 0 spiro atoms. The van der Waals surface area contributed by atoms with Crippen molar-refractivity contribution >= 4 is 29.2 Å². The van der Waals surface area contributed by atoms with Crippen LogP contribution in [0.3, 0.4) is 0 Å². The Bertz CT molecular complexity index is 753. The summed E-state index contributed by atoms with van der Waals surface area (Å²) in [4.78, 5) is 25.2. The molecule has 0 bridgehead atoms. The Kier molecular flexibility index (Phi) is 10.6. The smallest absolute Gasteiger partial charge is 0.243 e. The highest BCUT2D eigenvalue weighted by molar-refractivity contribution is 6.30. The maximum Gasteiger partial charge on any atom is 0.243 e. The van der Waals surface area contributed by atoms with Gasteiger partial charge in [0.05, 0.1) is 6.61 Å². The van der Waals surface area contributed by atoms with Crippen LogP contribution in [0.1, 0.15) is 44.1 Å². The zero-order valence-corrected chi connectivity index (χ0v) is 17.2. The van der Waals surface area contributed by atoms with Crippen LogP contribution >= 0.6 is 11.6 Å². The molecule has 1 aromatic heterocycles. The number of guanidine groups is 1. The number of anilines is 1. The lowest BCUT2D eigenvalue weighted by Gasteiger charge is -2.06. The van der Waals surface area contributed by atoms with Crippen molar-refractivity contribution in [2.75, 3.05) is 11.9 Å². The van der Waals surface area contributed by atoms with Crippen LogP contribution in [0, 0.1) is 0 Å². The number of carbonyl (C=O) groups is 1. The van der Waals surface area contributed by atoms with Crippen molar-refractivity contribution in [1.82, 2.24) is 10.5 Å². The molecule has 2 rings (SSSR count). The van der Waals surface area contributed by atoms with Crippen LogP contribution in [0.5, 0.6) is 0 Å². The molecule has 1 aromatic carbocycles. The largest absolute Gasteiger partial charge is 0.370 e. The molecule has 0 fully saturated rings. The molecule has 2 aromatic rings. The molecule has 8 heteroatoms. The second-order valence-corrected chi connectivity index (χ2v) is 7.02. The Morgan fingerprint density at radius 2 is 1.72 bits per heavy atom. The first kappa shape index (κ1) is 22.6. The maximum atomic E-state index is 11.7. The van der Waals surface area contributed by atoms with Crippen molar-refractivity contribution in [2.45, 2.75) is 45.1 Å². The van der Waals surface area contributed by atoms with Gasteiger partial charge in [-0.05, 0) is 42.7 Å². The standard InChI is InChI=1S/C21H28ClN5O2/c22-18-9-7-17(8-10-18)16-29-27-20(28)6-4-2-1-3-5-13-25-21(23)26-19-11-14-24-15-12-19/h7-12,14-15H,1-6,13,16H2,(H,27,28)(H3,23,24,25,26). The number of pyridine rings is 1. The number of carbonyl (C=O) groups excluding carboxylic acids is 1. The first-order valence-electron chi connectivity index (χ1n) is 9.75. The van der Waals surface area contributed by atoms with E-state index < -0.39 is 0 Å². The van der Waals surface area contributed by atoms with Crippen LogP contribution in [0.25, 0.3) is 0 Å². The summed E-state index contributed by atoms with van der Waals surface area (Å²) < 4.78 is 0. The fourth-order valence-electron chi connectivity index (χ4n) is 2.58. The molecule has 7 nitrogen and oxygen atoms in total. The minimum Gasteiger partial charge on any atom is -0.370 e. The van der Waals surface area contributed by atoms with Gasteiger partial charge in [0.1, 0.15) is 0 Å². The van der Waals surface area contributed by atoms with Crippen LogP contribution in [0.15, 0.2) is 53.8 Å². The predicted molar refractivity (Wildman–Crippen MR) is 116 cm³/mol. The SMILES string of the molecule is NC(=NCCCCCCCC(=O)NOCc1ccc(Cl)cc1)Nc1ccncc1. The predicted octanol–water partition coefficient (Wildman–Crippen LogP) is 4.05. The van der Waals surface area contributed by atoms with E-state index in [1.165, 1.54) is 0 Å². The van der Waals surface area contributed by atoms with Gasteiger partial charge in [-0.2, -0.15) is 0 Å². The van der Waals surface area contributed by atoms with Gasteiger partial charge in [0, 0.05) is 36.1 Å². The van der Waals surface area contributed by atoms with Gasteiger partial charge in [0.15, 0.2) is 5.96 Å². The molecule has 0 aliphatic heterocycles. The van der Waals surface area contributed by atoms with E-state index in [0.29, 0.717) is 30.6 Å². The molecule has 0 aliphatic rings. The van der Waals surface area contributed by atoms with Gasteiger partial charge in [-0.3, -0.25) is 19.6 Å². The normalized spacial score (nSPS) is 11.3. The number of amides is 1. The lowest BCUT2D eigenvalue weighted by atomic mass is 10.1. The Hall–Kier alpha value is -2.64. The average molecular weight is 418 g/mol. The van der Waals surface area contributed by atoms with Crippen molar-refractivity contribution in [3.8, 4) is 0 Å². The van der Waals surface area contributed by atoms with Gasteiger partial charge in [0.25, 0.3) is 0 Å². The number of nitrogens with zero attached hydrogens (tertiary/aromatic N) is 2. The average Bonchev–Trinajstić information content (AvgIpc) is 2.72. The number of aromatic nitrogens is 1. The Balaban J connectivity index is 1.43. The van der Waals surface area contributed by atoms with E-state index in [1.807, 2.05) is 24.3 Å². The van der Waals surface area contributed by atoms with Crippen LogP contribution < -0.4 is 16.5 Å². The number of hydrogen-bond donors (Lipinski definition) is 3. The van der Waals surface area contributed by atoms with Gasteiger partial charge >= 0.3 is 0 Å². The Morgan fingerprint density at radius 3 is 2.48 bits per heavy atom. The van der Waals surface area contributed by atoms with Crippen LogP contribution in [-0.4, -0.2) is 23.4 Å². The number of unbranched alkanes of at least 4 members (excludes halogenated alkanes) is 4. The zero-order valence-electron chi connectivity index (χ0n) is 16.4. The van der Waals surface area contributed by atoms with Crippen molar-refractivity contribution in [1.29, 1.82) is 0 Å². The number of nitrogens with two attached hydrogens (primary N) is 1. The van der Waals surface area contributed by atoms with Crippen LogP contribution in [-0.2, 0) is 16.2 Å². The summed E-state index contributed by atoms with van der Waals surface area (Å²) in [6, 6.07) is 11.0. The summed E-state index contributed by atoms with van der Waals surface area (Å²) in [6.45, 7) is 1.01. The zero-order chi connectivity index (χ0) is 20.7. The molecular formula is C21H28ClN5O2. The summed E-state index contributed by atoms with van der Waals surface area (Å²) in [5, 5.41) is 3.70. The summed E-state index contributed by atoms with van der Waals surface area (Å²) >= 11 is 5.82. The fraction of sp³-hybridized carbons (Fsp3) is 0.381. The fourth-order valence-corrected chi connectivity index (χ4v) is 2.71. The highest BCUT2D eigenvalue weighted by Crippen LogP contribution is 2.10. The molecule has 0 atom stereocenters. The maximum absolute atomic E-state index is 11.7. The van der Waals surface area contributed by atoms with Crippen LogP contribution in [0.4, 0.5) is 5.69 Å². The molecule has 156 valence electrons. The van der Waals surface area contributed by atoms with E-state index in [0.717, 1.165) is 43.4 Å². The van der Waals surface area contributed by atoms with Crippen molar-refractivity contribution in [2.24, 2.45) is 10.7 Å². The van der Waals surface area contributed by atoms with Crippen molar-refractivity contribution in [3.63, 3.8) is 0 Å². The van der Waals surface area contributed by atoms with E-state index >= 15 is 0 Å². The van der Waals surface area contributed by atoms with E-state index in [-0.39, 0.29) is 5.91 Å². The molecule has 0 saturated heterocycles. The second-order valence-electron chi connectivity index (χ2n) is 6.59. The Labute approximate surface area is 176 Å².